The Bertz CT molecular complexity index is 517. The largest absolute Gasteiger partial charge is 0.462 e. The van der Waals surface area contributed by atoms with Gasteiger partial charge in [-0.15, -0.1) is 0 Å². The van der Waals surface area contributed by atoms with E-state index in [9.17, 15) is 8.42 Å². The number of thioether (sulfide) groups is 1. The zero-order valence-corrected chi connectivity index (χ0v) is 12.1. The summed E-state index contributed by atoms with van der Waals surface area (Å²) in [6.45, 7) is 1.31. The van der Waals surface area contributed by atoms with Gasteiger partial charge in [-0.1, -0.05) is 0 Å². The highest BCUT2D eigenvalue weighted by atomic mass is 32.2. The average molecular weight is 291 g/mol. The number of rotatable bonds is 4. The van der Waals surface area contributed by atoms with E-state index in [2.05, 4.69) is 0 Å². The summed E-state index contributed by atoms with van der Waals surface area (Å²) in [5.74, 6) is 2.44. The molecular formula is C11H17NO4S2. The highest BCUT2D eigenvalue weighted by Crippen LogP contribution is 2.28. The minimum atomic E-state index is -3.53. The monoisotopic (exact) mass is 291 g/mol. The van der Waals surface area contributed by atoms with Gasteiger partial charge in [-0.05, 0) is 19.1 Å². The van der Waals surface area contributed by atoms with Crippen LogP contribution in [0.15, 0.2) is 15.4 Å². The summed E-state index contributed by atoms with van der Waals surface area (Å²) >= 11 is 1.77. The summed E-state index contributed by atoms with van der Waals surface area (Å²) in [7, 11) is -1.92. The molecule has 1 aromatic heterocycles. The Hall–Kier alpha value is -0.500. The molecule has 0 radical (unpaired) electrons. The quantitative estimate of drug-likeness (QED) is 0.903. The van der Waals surface area contributed by atoms with Gasteiger partial charge >= 0.3 is 0 Å². The van der Waals surface area contributed by atoms with Crippen LogP contribution in [0.25, 0.3) is 0 Å². The summed E-state index contributed by atoms with van der Waals surface area (Å²) in [5, 5.41) is 8.99. The number of aliphatic hydroxyl groups is 1. The minimum Gasteiger partial charge on any atom is -0.462 e. The van der Waals surface area contributed by atoms with Gasteiger partial charge in [0, 0.05) is 24.9 Å². The number of sulfonamides is 1. The van der Waals surface area contributed by atoms with Gasteiger partial charge in [-0.25, -0.2) is 8.42 Å². The summed E-state index contributed by atoms with van der Waals surface area (Å²) in [6, 6.07) is 1.45. The van der Waals surface area contributed by atoms with Crippen molar-refractivity contribution in [2.75, 3.05) is 18.6 Å². The lowest BCUT2D eigenvalue weighted by Crippen LogP contribution is -2.37. The number of hydrogen-bond acceptors (Lipinski definition) is 5. The van der Waals surface area contributed by atoms with E-state index in [-0.39, 0.29) is 23.3 Å². The summed E-state index contributed by atoms with van der Waals surface area (Å²) in [6.07, 6.45) is 0.879. The molecule has 2 heterocycles. The van der Waals surface area contributed by atoms with Crippen LogP contribution in [0.4, 0.5) is 0 Å². The molecule has 0 aromatic carbocycles. The Morgan fingerprint density at radius 2 is 2.33 bits per heavy atom. The highest BCUT2D eigenvalue weighted by molar-refractivity contribution is 7.99. The van der Waals surface area contributed by atoms with Crippen molar-refractivity contribution >= 4 is 21.8 Å². The van der Waals surface area contributed by atoms with Crippen LogP contribution in [0, 0.1) is 6.92 Å². The predicted octanol–water partition coefficient (Wildman–Crippen LogP) is 1.21. The van der Waals surface area contributed by atoms with Gasteiger partial charge in [0.2, 0.25) is 10.0 Å². The van der Waals surface area contributed by atoms with Crippen LogP contribution in [-0.4, -0.2) is 42.4 Å². The van der Waals surface area contributed by atoms with E-state index < -0.39 is 10.0 Å². The molecule has 1 aliphatic heterocycles. The van der Waals surface area contributed by atoms with Crippen LogP contribution in [-0.2, 0) is 16.6 Å². The second-order valence-electron chi connectivity index (χ2n) is 4.33. The number of furan rings is 1. The first kappa shape index (κ1) is 13.9. The van der Waals surface area contributed by atoms with Crippen LogP contribution < -0.4 is 0 Å². The van der Waals surface area contributed by atoms with Gasteiger partial charge in [-0.2, -0.15) is 16.1 Å². The van der Waals surface area contributed by atoms with Crippen molar-refractivity contribution in [1.29, 1.82) is 0 Å². The molecule has 1 unspecified atom stereocenters. The van der Waals surface area contributed by atoms with Crippen molar-refractivity contribution in [3.05, 3.63) is 17.6 Å². The first-order chi connectivity index (χ1) is 8.46. The second kappa shape index (κ2) is 5.24. The smallest absolute Gasteiger partial charge is 0.246 e. The molecule has 0 aliphatic carbocycles. The maximum Gasteiger partial charge on any atom is 0.246 e. The topological polar surface area (TPSA) is 70.8 Å². The molecule has 1 aliphatic rings. The van der Waals surface area contributed by atoms with Crippen molar-refractivity contribution < 1.29 is 17.9 Å². The second-order valence-corrected chi connectivity index (χ2v) is 7.45. The molecule has 2 rings (SSSR count). The Balaban J connectivity index is 2.31. The van der Waals surface area contributed by atoms with E-state index in [0.717, 1.165) is 17.9 Å². The lowest BCUT2D eigenvalue weighted by atomic mass is 10.3. The fourth-order valence-corrected chi connectivity index (χ4v) is 4.95. The number of aliphatic hydroxyl groups excluding tert-OH is 1. The van der Waals surface area contributed by atoms with Crippen molar-refractivity contribution in [2.45, 2.75) is 30.9 Å². The van der Waals surface area contributed by atoms with Crippen molar-refractivity contribution in [3.63, 3.8) is 0 Å². The van der Waals surface area contributed by atoms with Crippen molar-refractivity contribution in [2.24, 2.45) is 0 Å². The molecule has 1 atom stereocenters. The van der Waals surface area contributed by atoms with Crippen LogP contribution in [0.2, 0.25) is 0 Å². The van der Waals surface area contributed by atoms with Crippen LogP contribution in [0.3, 0.4) is 0 Å². The van der Waals surface area contributed by atoms with Crippen LogP contribution in [0.1, 0.15) is 17.9 Å². The molecule has 0 bridgehead atoms. The average Bonchev–Trinajstić information content (AvgIpc) is 2.96. The molecule has 5 nitrogen and oxygen atoms in total. The Morgan fingerprint density at radius 1 is 1.61 bits per heavy atom. The fraction of sp³-hybridized carbons (Fsp3) is 0.636. The van der Waals surface area contributed by atoms with Crippen molar-refractivity contribution in [1.82, 2.24) is 4.31 Å². The fourth-order valence-electron chi connectivity index (χ4n) is 2.02. The van der Waals surface area contributed by atoms with E-state index in [0.29, 0.717) is 5.76 Å². The molecule has 0 saturated carbocycles. The third-order valence-electron chi connectivity index (χ3n) is 3.16. The van der Waals surface area contributed by atoms with E-state index in [4.69, 9.17) is 9.52 Å². The van der Waals surface area contributed by atoms with Gasteiger partial charge in [0.25, 0.3) is 0 Å². The molecule has 102 valence electrons. The first-order valence-electron chi connectivity index (χ1n) is 5.72. The lowest BCUT2D eigenvalue weighted by Gasteiger charge is -2.22. The molecule has 1 aromatic rings. The van der Waals surface area contributed by atoms with Crippen LogP contribution in [0.5, 0.6) is 0 Å². The van der Waals surface area contributed by atoms with E-state index in [1.807, 2.05) is 0 Å². The van der Waals surface area contributed by atoms with Gasteiger partial charge in [0.15, 0.2) is 0 Å². The SMILES string of the molecule is Cc1oc(CO)cc1S(=O)(=O)N(C)C1CCSC1. The number of hydrogen-bond donors (Lipinski definition) is 1. The third kappa shape index (κ3) is 2.45. The zero-order chi connectivity index (χ0) is 13.3. The molecule has 18 heavy (non-hydrogen) atoms. The molecule has 0 spiro atoms. The maximum atomic E-state index is 12.4. The van der Waals surface area contributed by atoms with Crippen LogP contribution >= 0.6 is 11.8 Å². The Morgan fingerprint density at radius 3 is 2.83 bits per heavy atom. The van der Waals surface area contributed by atoms with E-state index in [1.54, 1.807) is 25.7 Å². The zero-order valence-electron chi connectivity index (χ0n) is 10.4. The number of aryl methyl sites for hydroxylation is 1. The van der Waals surface area contributed by atoms with Crippen molar-refractivity contribution in [3.8, 4) is 0 Å². The third-order valence-corrected chi connectivity index (χ3v) is 6.32. The summed E-state index contributed by atoms with van der Waals surface area (Å²) < 4.78 is 31.5. The molecule has 7 heteroatoms. The van der Waals surface area contributed by atoms with E-state index in [1.165, 1.54) is 10.4 Å². The lowest BCUT2D eigenvalue weighted by molar-refractivity contribution is 0.244. The first-order valence-corrected chi connectivity index (χ1v) is 8.32. The minimum absolute atomic E-state index is 0.0480. The standard InChI is InChI=1S/C11H17NO4S2/c1-8-11(5-10(6-13)16-8)18(14,15)12(2)9-3-4-17-7-9/h5,9,13H,3-4,6-7H2,1-2H3. The van der Waals surface area contributed by atoms with Gasteiger partial charge in [-0.3, -0.25) is 0 Å². The molecule has 0 amide bonds. The Kier molecular flexibility index (Phi) is 4.05. The summed E-state index contributed by atoms with van der Waals surface area (Å²) in [4.78, 5) is 0.158. The van der Waals surface area contributed by atoms with E-state index >= 15 is 0 Å². The predicted molar refractivity (Wildman–Crippen MR) is 70.0 cm³/mol. The number of nitrogens with zero attached hydrogens (tertiary/aromatic N) is 1. The van der Waals surface area contributed by atoms with Gasteiger partial charge < -0.3 is 9.52 Å². The molecule has 1 saturated heterocycles. The molecular weight excluding hydrogens is 274 g/mol. The van der Waals surface area contributed by atoms with Gasteiger partial charge in [0.05, 0.1) is 0 Å². The molecule has 1 fully saturated rings. The highest BCUT2D eigenvalue weighted by Gasteiger charge is 2.32. The van der Waals surface area contributed by atoms with Gasteiger partial charge in [0.1, 0.15) is 23.0 Å². The summed E-state index contributed by atoms with van der Waals surface area (Å²) in [5.41, 5.74) is 0. The normalized spacial score (nSPS) is 20.8. The molecule has 1 N–H and O–H groups in total. The maximum absolute atomic E-state index is 12.4. The Labute approximate surface area is 111 Å².